The van der Waals surface area contributed by atoms with Gasteiger partial charge in [-0.05, 0) is 32.1 Å². The Morgan fingerprint density at radius 1 is 0.739 bits per heavy atom. The summed E-state index contributed by atoms with van der Waals surface area (Å²) in [4.78, 5) is 10.4. The van der Waals surface area contributed by atoms with Crippen molar-refractivity contribution >= 4 is 5.97 Å². The average Bonchev–Trinajstić information content (AvgIpc) is 2.51. The molecule has 0 aliphatic carbocycles. The van der Waals surface area contributed by atoms with E-state index in [1.807, 2.05) is 0 Å². The minimum absolute atomic E-state index is 0.237. The van der Waals surface area contributed by atoms with E-state index < -0.39 is 24.3 Å². The lowest BCUT2D eigenvalue weighted by molar-refractivity contribution is -0.137. The van der Waals surface area contributed by atoms with E-state index in [1.54, 1.807) is 0 Å². The quantitative estimate of drug-likeness (QED) is 0.325. The Balaban J connectivity index is 3.51. The highest BCUT2D eigenvalue weighted by molar-refractivity contribution is 5.66. The maximum absolute atomic E-state index is 10.4. The van der Waals surface area contributed by atoms with Gasteiger partial charge in [-0.3, -0.25) is 4.79 Å². The number of rotatable bonds is 16. The number of hydrogen-bond donors (Lipinski definition) is 4. The summed E-state index contributed by atoms with van der Waals surface area (Å²) < 4.78 is 0. The molecule has 0 spiro atoms. The summed E-state index contributed by atoms with van der Waals surface area (Å²) in [6, 6.07) is 0. The minimum Gasteiger partial charge on any atom is -0.481 e. The van der Waals surface area contributed by atoms with Gasteiger partial charge < -0.3 is 20.4 Å². The molecule has 0 saturated carbocycles. The molecule has 0 radical (unpaired) electrons. The predicted molar refractivity (Wildman–Crippen MR) is 91.4 cm³/mol. The van der Waals surface area contributed by atoms with Crippen molar-refractivity contribution in [3.8, 4) is 0 Å². The number of carboxylic acid groups (broad SMARTS) is 1. The largest absolute Gasteiger partial charge is 0.481 e. The first kappa shape index (κ1) is 22.4. The molecule has 0 heterocycles. The molecule has 0 bridgehead atoms. The first-order valence-electron chi connectivity index (χ1n) is 9.23. The van der Waals surface area contributed by atoms with Crippen LogP contribution in [-0.2, 0) is 4.79 Å². The lowest BCUT2D eigenvalue weighted by atomic mass is 9.98. The maximum Gasteiger partial charge on any atom is 0.303 e. The zero-order chi connectivity index (χ0) is 17.5. The normalized spacial score (nSPS) is 15.3. The van der Waals surface area contributed by atoms with Crippen molar-refractivity contribution in [1.82, 2.24) is 0 Å². The number of aliphatic hydroxyl groups is 3. The third-order valence-electron chi connectivity index (χ3n) is 4.27. The number of carboxylic acids is 1. The number of unbranched alkanes of at least 4 members (excludes halogenated alkanes) is 6. The van der Waals surface area contributed by atoms with Crippen LogP contribution in [-0.4, -0.2) is 44.7 Å². The van der Waals surface area contributed by atoms with Gasteiger partial charge in [0.15, 0.2) is 0 Å². The van der Waals surface area contributed by atoms with E-state index in [2.05, 4.69) is 6.92 Å². The topological polar surface area (TPSA) is 98.0 Å². The molecule has 0 aromatic carbocycles. The van der Waals surface area contributed by atoms with Crippen LogP contribution in [0.25, 0.3) is 0 Å². The van der Waals surface area contributed by atoms with Crippen LogP contribution in [0.4, 0.5) is 0 Å². The third-order valence-corrected chi connectivity index (χ3v) is 4.27. The molecule has 0 aromatic rings. The van der Waals surface area contributed by atoms with Gasteiger partial charge in [0.25, 0.3) is 0 Å². The Morgan fingerprint density at radius 3 is 1.96 bits per heavy atom. The van der Waals surface area contributed by atoms with Gasteiger partial charge in [-0.15, -0.1) is 0 Å². The summed E-state index contributed by atoms with van der Waals surface area (Å²) in [6.07, 6.45) is 8.34. The fourth-order valence-corrected chi connectivity index (χ4v) is 2.68. The smallest absolute Gasteiger partial charge is 0.303 e. The zero-order valence-corrected chi connectivity index (χ0v) is 14.6. The van der Waals surface area contributed by atoms with Crippen LogP contribution in [0.5, 0.6) is 0 Å². The van der Waals surface area contributed by atoms with Crippen LogP contribution in [0.1, 0.15) is 90.4 Å². The van der Waals surface area contributed by atoms with Crippen LogP contribution < -0.4 is 0 Å². The lowest BCUT2D eigenvalue weighted by Crippen LogP contribution is -2.27. The summed E-state index contributed by atoms with van der Waals surface area (Å²) in [7, 11) is 0. The molecule has 5 heteroatoms. The summed E-state index contributed by atoms with van der Waals surface area (Å²) in [6.45, 7) is 2.10. The van der Waals surface area contributed by atoms with Crippen LogP contribution >= 0.6 is 0 Å². The van der Waals surface area contributed by atoms with Gasteiger partial charge in [-0.1, -0.05) is 51.9 Å². The van der Waals surface area contributed by atoms with E-state index >= 15 is 0 Å². The van der Waals surface area contributed by atoms with Crippen molar-refractivity contribution in [3.63, 3.8) is 0 Å². The van der Waals surface area contributed by atoms with E-state index in [4.69, 9.17) is 5.11 Å². The molecule has 23 heavy (non-hydrogen) atoms. The SMILES string of the molecule is CCCCCC(O)C(O)CCC(O)CCCCCCCC(=O)O. The van der Waals surface area contributed by atoms with E-state index in [-0.39, 0.29) is 6.42 Å². The fraction of sp³-hybridized carbons (Fsp3) is 0.944. The second-order valence-corrected chi connectivity index (χ2v) is 6.56. The second-order valence-electron chi connectivity index (χ2n) is 6.56. The molecule has 0 aromatic heterocycles. The summed E-state index contributed by atoms with van der Waals surface area (Å²) >= 11 is 0. The Labute approximate surface area is 140 Å². The highest BCUT2D eigenvalue weighted by Crippen LogP contribution is 2.15. The Hall–Kier alpha value is -0.650. The third kappa shape index (κ3) is 14.7. The molecule has 3 unspecified atom stereocenters. The molecule has 138 valence electrons. The van der Waals surface area contributed by atoms with Gasteiger partial charge in [-0.25, -0.2) is 0 Å². The van der Waals surface area contributed by atoms with Gasteiger partial charge in [0, 0.05) is 6.42 Å². The molecule has 0 aliphatic heterocycles. The number of hydrogen-bond acceptors (Lipinski definition) is 4. The number of carbonyl (C=O) groups is 1. The molecule has 0 saturated heterocycles. The van der Waals surface area contributed by atoms with E-state index in [1.165, 1.54) is 0 Å². The van der Waals surface area contributed by atoms with Crippen LogP contribution in [0, 0.1) is 0 Å². The second kappa shape index (κ2) is 14.9. The predicted octanol–water partition coefficient (Wildman–Crippen LogP) is 3.24. The van der Waals surface area contributed by atoms with Gasteiger partial charge in [0.05, 0.1) is 18.3 Å². The monoisotopic (exact) mass is 332 g/mol. The first-order valence-corrected chi connectivity index (χ1v) is 9.23. The minimum atomic E-state index is -0.740. The van der Waals surface area contributed by atoms with Gasteiger partial charge >= 0.3 is 5.97 Å². The first-order chi connectivity index (χ1) is 11.0. The fourth-order valence-electron chi connectivity index (χ4n) is 2.68. The highest BCUT2D eigenvalue weighted by atomic mass is 16.4. The number of aliphatic carboxylic acids is 1. The van der Waals surface area contributed by atoms with E-state index in [0.717, 1.165) is 51.4 Å². The van der Waals surface area contributed by atoms with Crippen LogP contribution in [0.2, 0.25) is 0 Å². The maximum atomic E-state index is 10.4. The molecule has 0 amide bonds. The zero-order valence-electron chi connectivity index (χ0n) is 14.6. The van der Waals surface area contributed by atoms with Gasteiger partial charge in [0.2, 0.25) is 0 Å². The van der Waals surface area contributed by atoms with Crippen molar-refractivity contribution in [3.05, 3.63) is 0 Å². The molecule has 5 nitrogen and oxygen atoms in total. The van der Waals surface area contributed by atoms with Crippen molar-refractivity contribution in [2.75, 3.05) is 0 Å². The van der Waals surface area contributed by atoms with Gasteiger partial charge in [0.1, 0.15) is 0 Å². The van der Waals surface area contributed by atoms with Crippen LogP contribution in [0.3, 0.4) is 0 Å². The van der Waals surface area contributed by atoms with Crippen molar-refractivity contribution in [2.24, 2.45) is 0 Å². The van der Waals surface area contributed by atoms with Gasteiger partial charge in [-0.2, -0.15) is 0 Å². The highest BCUT2D eigenvalue weighted by Gasteiger charge is 2.17. The number of aliphatic hydroxyl groups excluding tert-OH is 3. The summed E-state index contributed by atoms with van der Waals surface area (Å²) in [5.74, 6) is -0.740. The molecule has 0 fully saturated rings. The molecular weight excluding hydrogens is 296 g/mol. The molecule has 4 N–H and O–H groups in total. The molecular formula is C18H36O5. The van der Waals surface area contributed by atoms with E-state index in [9.17, 15) is 20.1 Å². The lowest BCUT2D eigenvalue weighted by Gasteiger charge is -2.19. The summed E-state index contributed by atoms with van der Waals surface area (Å²) in [5, 5.41) is 38.1. The van der Waals surface area contributed by atoms with Crippen molar-refractivity contribution < 1.29 is 25.2 Å². The summed E-state index contributed by atoms with van der Waals surface area (Å²) in [5.41, 5.74) is 0. The Bertz CT molecular complexity index is 283. The Morgan fingerprint density at radius 2 is 1.30 bits per heavy atom. The molecule has 0 rings (SSSR count). The van der Waals surface area contributed by atoms with Crippen molar-refractivity contribution in [1.29, 1.82) is 0 Å². The molecule has 3 atom stereocenters. The Kier molecular flexibility index (Phi) is 14.5. The average molecular weight is 332 g/mol. The van der Waals surface area contributed by atoms with E-state index in [0.29, 0.717) is 25.7 Å². The molecule has 0 aliphatic rings. The standard InChI is InChI=1S/C18H36O5/c1-2-3-7-11-16(20)17(21)14-13-15(19)10-8-5-4-6-9-12-18(22)23/h15-17,19-21H,2-14H2,1H3,(H,22,23). The van der Waals surface area contributed by atoms with Crippen LogP contribution in [0.15, 0.2) is 0 Å². The van der Waals surface area contributed by atoms with Crippen molar-refractivity contribution in [2.45, 2.75) is 109 Å².